The summed E-state index contributed by atoms with van der Waals surface area (Å²) in [5, 5.41) is 8.89. The van der Waals surface area contributed by atoms with Crippen molar-refractivity contribution in [3.05, 3.63) is 47.3 Å². The van der Waals surface area contributed by atoms with E-state index in [4.69, 9.17) is 11.0 Å². The molecular weight excluding hydrogens is 238 g/mol. The van der Waals surface area contributed by atoms with Crippen LogP contribution in [0.25, 0.3) is 0 Å². The average Bonchev–Trinajstić information content (AvgIpc) is 2.37. The zero-order valence-corrected chi connectivity index (χ0v) is 11.0. The Balaban J connectivity index is 2.20. The Bertz CT molecular complexity index is 610. The molecule has 0 spiro atoms. The fraction of sp³-hybridized carbons (Fsp3) is 0.214. The van der Waals surface area contributed by atoms with Gasteiger partial charge in [-0.1, -0.05) is 12.1 Å². The average molecular weight is 253 g/mol. The monoisotopic (exact) mass is 253 g/mol. The molecule has 96 valence electrons. The summed E-state index contributed by atoms with van der Waals surface area (Å²) >= 11 is 0. The third-order valence-electron chi connectivity index (χ3n) is 2.71. The third kappa shape index (κ3) is 3.19. The highest BCUT2D eigenvalue weighted by molar-refractivity contribution is 5.47. The van der Waals surface area contributed by atoms with E-state index in [9.17, 15) is 0 Å². The minimum absolute atomic E-state index is 0.458. The summed E-state index contributed by atoms with van der Waals surface area (Å²) in [7, 11) is 1.93. The summed E-state index contributed by atoms with van der Waals surface area (Å²) in [6.07, 6.45) is 0. The lowest BCUT2D eigenvalue weighted by Crippen LogP contribution is -2.18. The molecule has 5 heteroatoms. The Kier molecular flexibility index (Phi) is 3.62. The van der Waals surface area contributed by atoms with Gasteiger partial charge in [-0.25, -0.2) is 9.97 Å². The van der Waals surface area contributed by atoms with E-state index < -0.39 is 0 Å². The summed E-state index contributed by atoms with van der Waals surface area (Å²) in [4.78, 5) is 10.4. The van der Waals surface area contributed by atoms with E-state index in [0.717, 1.165) is 11.4 Å². The van der Waals surface area contributed by atoms with E-state index in [1.165, 1.54) is 0 Å². The summed E-state index contributed by atoms with van der Waals surface area (Å²) in [5.41, 5.74) is 7.42. The molecule has 0 aliphatic rings. The van der Waals surface area contributed by atoms with Crippen molar-refractivity contribution >= 4 is 11.6 Å². The molecule has 5 nitrogen and oxygen atoms in total. The molecule has 1 aromatic heterocycles. The summed E-state index contributed by atoms with van der Waals surface area (Å²) in [6.45, 7) is 2.47. The summed E-state index contributed by atoms with van der Waals surface area (Å²) < 4.78 is 0. The number of nitriles is 1. The molecule has 0 aliphatic heterocycles. The number of nitrogen functional groups attached to an aromatic ring is 1. The highest BCUT2D eigenvalue weighted by Crippen LogP contribution is 2.15. The van der Waals surface area contributed by atoms with Crippen molar-refractivity contribution in [2.75, 3.05) is 17.7 Å². The fourth-order valence-electron chi connectivity index (χ4n) is 1.86. The first kappa shape index (κ1) is 12.8. The molecule has 1 heterocycles. The minimum Gasteiger partial charge on any atom is -0.384 e. The maximum Gasteiger partial charge on any atom is 0.134 e. The van der Waals surface area contributed by atoms with Crippen molar-refractivity contribution in [3.63, 3.8) is 0 Å². The van der Waals surface area contributed by atoms with Gasteiger partial charge in [-0.2, -0.15) is 5.26 Å². The number of hydrogen-bond acceptors (Lipinski definition) is 5. The first-order valence-corrected chi connectivity index (χ1v) is 5.90. The molecule has 2 rings (SSSR count). The van der Waals surface area contributed by atoms with Crippen LogP contribution in [0.1, 0.15) is 17.0 Å². The van der Waals surface area contributed by atoms with Gasteiger partial charge in [-0.3, -0.25) is 0 Å². The van der Waals surface area contributed by atoms with Gasteiger partial charge in [0.25, 0.3) is 0 Å². The summed E-state index contributed by atoms with van der Waals surface area (Å²) in [6, 6.07) is 11.4. The predicted octanol–water partition coefficient (Wildman–Crippen LogP) is 1.88. The van der Waals surface area contributed by atoms with Gasteiger partial charge in [0.05, 0.1) is 11.6 Å². The van der Waals surface area contributed by atoms with Crippen LogP contribution >= 0.6 is 0 Å². The van der Waals surface area contributed by atoms with E-state index >= 15 is 0 Å². The number of anilines is 2. The summed E-state index contributed by atoms with van der Waals surface area (Å²) in [5.74, 6) is 1.88. The van der Waals surface area contributed by atoms with E-state index in [1.807, 2.05) is 37.1 Å². The topological polar surface area (TPSA) is 78.8 Å². The SMILES string of the molecule is Cc1nc(N)cc(N(C)Cc2cccc(C#N)c2)n1. The molecule has 19 heavy (non-hydrogen) atoms. The lowest BCUT2D eigenvalue weighted by Gasteiger charge is -2.18. The molecule has 0 amide bonds. The van der Waals surface area contributed by atoms with E-state index in [0.29, 0.717) is 23.8 Å². The molecular formula is C14H15N5. The van der Waals surface area contributed by atoms with E-state index in [1.54, 1.807) is 12.1 Å². The Morgan fingerprint density at radius 1 is 1.32 bits per heavy atom. The Hall–Kier alpha value is -2.61. The fourth-order valence-corrected chi connectivity index (χ4v) is 1.86. The van der Waals surface area contributed by atoms with Crippen molar-refractivity contribution in [1.29, 1.82) is 5.26 Å². The molecule has 0 bridgehead atoms. The standard InChI is InChI=1S/C14H15N5/c1-10-17-13(16)7-14(18-10)19(2)9-12-5-3-4-11(6-12)8-15/h3-7H,9H2,1-2H3,(H2,16,17,18). The molecule has 0 fully saturated rings. The van der Waals surface area contributed by atoms with Crippen LogP contribution < -0.4 is 10.6 Å². The molecule has 0 aliphatic carbocycles. The van der Waals surface area contributed by atoms with Gasteiger partial charge in [-0.15, -0.1) is 0 Å². The van der Waals surface area contributed by atoms with Crippen LogP contribution in [-0.2, 0) is 6.54 Å². The third-order valence-corrected chi connectivity index (χ3v) is 2.71. The lowest BCUT2D eigenvalue weighted by molar-refractivity contribution is 0.880. The molecule has 0 saturated heterocycles. The van der Waals surface area contributed by atoms with Crippen molar-refractivity contribution in [2.24, 2.45) is 0 Å². The smallest absolute Gasteiger partial charge is 0.134 e. The number of nitrogens with zero attached hydrogens (tertiary/aromatic N) is 4. The Labute approximate surface area is 112 Å². The zero-order chi connectivity index (χ0) is 13.8. The highest BCUT2D eigenvalue weighted by Gasteiger charge is 2.06. The normalized spacial score (nSPS) is 9.95. The second-order valence-electron chi connectivity index (χ2n) is 4.37. The largest absolute Gasteiger partial charge is 0.384 e. The van der Waals surface area contributed by atoms with Crippen molar-refractivity contribution in [3.8, 4) is 6.07 Å². The van der Waals surface area contributed by atoms with Crippen molar-refractivity contribution in [2.45, 2.75) is 13.5 Å². The molecule has 0 unspecified atom stereocenters. The van der Waals surface area contributed by atoms with Gasteiger partial charge in [0.15, 0.2) is 0 Å². The van der Waals surface area contributed by atoms with Gasteiger partial charge < -0.3 is 10.6 Å². The van der Waals surface area contributed by atoms with Crippen molar-refractivity contribution < 1.29 is 0 Å². The van der Waals surface area contributed by atoms with Crippen LogP contribution in [0, 0.1) is 18.3 Å². The number of nitrogens with two attached hydrogens (primary N) is 1. The highest BCUT2D eigenvalue weighted by atomic mass is 15.2. The Morgan fingerprint density at radius 2 is 2.11 bits per heavy atom. The number of aromatic nitrogens is 2. The molecule has 2 N–H and O–H groups in total. The zero-order valence-electron chi connectivity index (χ0n) is 11.0. The maximum absolute atomic E-state index is 8.89. The molecule has 0 saturated carbocycles. The van der Waals surface area contributed by atoms with Crippen LogP contribution in [0.3, 0.4) is 0 Å². The Morgan fingerprint density at radius 3 is 2.79 bits per heavy atom. The molecule has 1 aromatic carbocycles. The minimum atomic E-state index is 0.458. The van der Waals surface area contributed by atoms with Crippen LogP contribution in [0.15, 0.2) is 30.3 Å². The van der Waals surface area contributed by atoms with Gasteiger partial charge >= 0.3 is 0 Å². The number of hydrogen-bond donors (Lipinski definition) is 1. The van der Waals surface area contributed by atoms with Gasteiger partial charge in [0.1, 0.15) is 17.5 Å². The van der Waals surface area contributed by atoms with E-state index in [2.05, 4.69) is 16.0 Å². The van der Waals surface area contributed by atoms with Crippen LogP contribution in [0.5, 0.6) is 0 Å². The molecule has 2 aromatic rings. The molecule has 0 atom stereocenters. The number of aryl methyl sites for hydroxylation is 1. The van der Waals surface area contributed by atoms with Crippen molar-refractivity contribution in [1.82, 2.24) is 9.97 Å². The van der Waals surface area contributed by atoms with Crippen LogP contribution in [0.2, 0.25) is 0 Å². The lowest BCUT2D eigenvalue weighted by atomic mass is 10.1. The number of rotatable bonds is 3. The second kappa shape index (κ2) is 5.36. The first-order chi connectivity index (χ1) is 9.08. The van der Waals surface area contributed by atoms with Gasteiger partial charge in [-0.05, 0) is 24.6 Å². The molecule has 0 radical (unpaired) electrons. The second-order valence-corrected chi connectivity index (χ2v) is 4.37. The number of benzene rings is 1. The first-order valence-electron chi connectivity index (χ1n) is 5.90. The van der Waals surface area contributed by atoms with E-state index in [-0.39, 0.29) is 0 Å². The van der Waals surface area contributed by atoms with Gasteiger partial charge in [0.2, 0.25) is 0 Å². The van der Waals surface area contributed by atoms with Crippen LogP contribution in [-0.4, -0.2) is 17.0 Å². The van der Waals surface area contributed by atoms with Crippen LogP contribution in [0.4, 0.5) is 11.6 Å². The van der Waals surface area contributed by atoms with Gasteiger partial charge in [0, 0.05) is 19.7 Å². The quantitative estimate of drug-likeness (QED) is 0.903. The predicted molar refractivity (Wildman–Crippen MR) is 74.4 cm³/mol. The maximum atomic E-state index is 8.89.